The number of anilines is 1. The second-order valence-corrected chi connectivity index (χ2v) is 6.65. The lowest BCUT2D eigenvalue weighted by Gasteiger charge is -2.23. The minimum Gasteiger partial charge on any atom is -0.385 e. The summed E-state index contributed by atoms with van der Waals surface area (Å²) >= 11 is 0. The van der Waals surface area contributed by atoms with Crippen molar-refractivity contribution in [1.82, 2.24) is 4.31 Å². The molecule has 0 radical (unpaired) electrons. The number of nitrogens with zero attached hydrogens (tertiary/aromatic N) is 1. The van der Waals surface area contributed by atoms with Crippen LogP contribution in [0.25, 0.3) is 0 Å². The summed E-state index contributed by atoms with van der Waals surface area (Å²) in [5, 5.41) is 3.26. The molecule has 4 nitrogen and oxygen atoms in total. The van der Waals surface area contributed by atoms with Crippen LogP contribution in [-0.2, 0) is 16.4 Å². The second kappa shape index (κ2) is 5.28. The van der Waals surface area contributed by atoms with E-state index in [0.717, 1.165) is 37.1 Å². The predicted octanol–water partition coefficient (Wildman–Crippen LogP) is 2.08. The van der Waals surface area contributed by atoms with Crippen molar-refractivity contribution in [3.8, 4) is 0 Å². The number of fused-ring (bicyclic) bond motifs is 1. The van der Waals surface area contributed by atoms with Gasteiger partial charge in [0.05, 0.1) is 4.90 Å². The van der Waals surface area contributed by atoms with Gasteiger partial charge in [0, 0.05) is 25.8 Å². The normalized spacial score (nSPS) is 15.3. The Hall–Kier alpha value is -1.07. The number of sulfonamides is 1. The van der Waals surface area contributed by atoms with Gasteiger partial charge >= 0.3 is 0 Å². The molecule has 0 saturated carbocycles. The van der Waals surface area contributed by atoms with Gasteiger partial charge in [-0.15, -0.1) is 0 Å². The van der Waals surface area contributed by atoms with Gasteiger partial charge in [-0.1, -0.05) is 13.0 Å². The minimum atomic E-state index is -3.35. The maximum atomic E-state index is 12.5. The molecular weight excluding hydrogens is 248 g/mol. The zero-order chi connectivity index (χ0) is 13.2. The van der Waals surface area contributed by atoms with Crippen LogP contribution >= 0.6 is 0 Å². The van der Waals surface area contributed by atoms with E-state index in [-0.39, 0.29) is 0 Å². The van der Waals surface area contributed by atoms with Gasteiger partial charge in [-0.2, -0.15) is 0 Å². The first-order chi connectivity index (χ1) is 8.57. The van der Waals surface area contributed by atoms with Crippen LogP contribution in [0.3, 0.4) is 0 Å². The third kappa shape index (κ3) is 2.37. The van der Waals surface area contributed by atoms with Crippen molar-refractivity contribution in [1.29, 1.82) is 0 Å². The van der Waals surface area contributed by atoms with Crippen molar-refractivity contribution < 1.29 is 8.42 Å². The van der Waals surface area contributed by atoms with E-state index in [9.17, 15) is 8.42 Å². The van der Waals surface area contributed by atoms with E-state index in [1.54, 1.807) is 13.1 Å². The lowest BCUT2D eigenvalue weighted by Crippen LogP contribution is -2.29. The second-order valence-electron chi connectivity index (χ2n) is 4.64. The van der Waals surface area contributed by atoms with Crippen molar-refractivity contribution in [3.63, 3.8) is 0 Å². The van der Waals surface area contributed by atoms with Crippen LogP contribution in [0.1, 0.15) is 25.3 Å². The number of nitrogens with one attached hydrogen (secondary N) is 1. The van der Waals surface area contributed by atoms with Crippen LogP contribution in [0.5, 0.6) is 0 Å². The number of hydrogen-bond donors (Lipinski definition) is 1. The predicted molar refractivity (Wildman–Crippen MR) is 73.4 cm³/mol. The summed E-state index contributed by atoms with van der Waals surface area (Å²) in [6.07, 6.45) is 2.64. The van der Waals surface area contributed by atoms with Crippen LogP contribution in [0.4, 0.5) is 5.69 Å². The van der Waals surface area contributed by atoms with Crippen molar-refractivity contribution in [2.75, 3.05) is 25.5 Å². The molecule has 1 N–H and O–H groups in total. The average molecular weight is 268 g/mol. The Morgan fingerprint density at radius 3 is 2.89 bits per heavy atom. The first-order valence-corrected chi connectivity index (χ1v) is 7.83. The quantitative estimate of drug-likeness (QED) is 0.909. The van der Waals surface area contributed by atoms with Gasteiger partial charge in [0.1, 0.15) is 0 Å². The highest BCUT2D eigenvalue weighted by molar-refractivity contribution is 7.89. The fraction of sp³-hybridized carbons (Fsp3) is 0.538. The summed E-state index contributed by atoms with van der Waals surface area (Å²) in [7, 11) is -1.70. The summed E-state index contributed by atoms with van der Waals surface area (Å²) in [6, 6.07) is 5.48. The van der Waals surface area contributed by atoms with E-state index in [4.69, 9.17) is 0 Å². The Balaban J connectivity index is 2.45. The van der Waals surface area contributed by atoms with Crippen LogP contribution < -0.4 is 5.32 Å². The van der Waals surface area contributed by atoms with Crippen molar-refractivity contribution in [3.05, 3.63) is 23.8 Å². The van der Waals surface area contributed by atoms with Crippen molar-refractivity contribution in [2.45, 2.75) is 31.1 Å². The maximum Gasteiger partial charge on any atom is 0.243 e. The molecular formula is C13H20N2O2S. The third-order valence-electron chi connectivity index (χ3n) is 3.28. The highest BCUT2D eigenvalue weighted by atomic mass is 32.2. The number of hydrogen-bond acceptors (Lipinski definition) is 3. The van der Waals surface area contributed by atoms with Gasteiger partial charge in [-0.3, -0.25) is 0 Å². The van der Waals surface area contributed by atoms with Gasteiger partial charge in [-0.05, 0) is 37.0 Å². The Morgan fingerprint density at radius 1 is 1.39 bits per heavy atom. The average Bonchev–Trinajstić information content (AvgIpc) is 2.38. The van der Waals surface area contributed by atoms with E-state index in [1.165, 1.54) is 4.31 Å². The summed E-state index contributed by atoms with van der Waals surface area (Å²) < 4.78 is 26.4. The molecule has 1 heterocycles. The standard InChI is InChI=1S/C13H20N2O2S/c1-3-10-15(2)18(16,17)13-8-4-7-12-11(13)6-5-9-14-12/h4,7-8,14H,3,5-6,9-10H2,1-2H3. The van der Waals surface area contributed by atoms with Crippen molar-refractivity contribution in [2.24, 2.45) is 0 Å². The monoisotopic (exact) mass is 268 g/mol. The molecule has 0 saturated heterocycles. The van der Waals surface area contributed by atoms with E-state index < -0.39 is 10.0 Å². The van der Waals surface area contributed by atoms with Crippen LogP contribution in [0.15, 0.2) is 23.1 Å². The summed E-state index contributed by atoms with van der Waals surface area (Å²) in [4.78, 5) is 0.461. The van der Waals surface area contributed by atoms with E-state index in [2.05, 4.69) is 5.32 Å². The van der Waals surface area contributed by atoms with Crippen molar-refractivity contribution >= 4 is 15.7 Å². The molecule has 0 aromatic heterocycles. The molecule has 1 aromatic rings. The molecule has 1 aromatic carbocycles. The largest absolute Gasteiger partial charge is 0.385 e. The molecule has 0 atom stereocenters. The topological polar surface area (TPSA) is 49.4 Å². The van der Waals surface area contributed by atoms with Gasteiger partial charge in [0.25, 0.3) is 0 Å². The summed E-state index contributed by atoms with van der Waals surface area (Å²) in [5.74, 6) is 0. The fourth-order valence-corrected chi connectivity index (χ4v) is 3.85. The molecule has 0 unspecified atom stereocenters. The molecule has 5 heteroatoms. The highest BCUT2D eigenvalue weighted by Gasteiger charge is 2.25. The van der Waals surface area contributed by atoms with Crippen LogP contribution in [0, 0.1) is 0 Å². The van der Waals surface area contributed by atoms with Gasteiger partial charge in [0.15, 0.2) is 0 Å². The molecule has 100 valence electrons. The molecule has 0 bridgehead atoms. The molecule has 1 aliphatic heterocycles. The Bertz CT molecular complexity index is 526. The third-order valence-corrected chi connectivity index (χ3v) is 5.22. The molecule has 0 amide bonds. The lowest BCUT2D eigenvalue weighted by atomic mass is 10.0. The molecule has 0 fully saturated rings. The van der Waals surface area contributed by atoms with E-state index >= 15 is 0 Å². The lowest BCUT2D eigenvalue weighted by molar-refractivity contribution is 0.467. The van der Waals surface area contributed by atoms with Gasteiger partial charge in [0.2, 0.25) is 10.0 Å². The first-order valence-electron chi connectivity index (χ1n) is 6.39. The maximum absolute atomic E-state index is 12.5. The first kappa shape index (κ1) is 13.4. The zero-order valence-corrected chi connectivity index (χ0v) is 11.8. The fourth-order valence-electron chi connectivity index (χ4n) is 2.32. The zero-order valence-electron chi connectivity index (χ0n) is 10.9. The number of benzene rings is 1. The van der Waals surface area contributed by atoms with E-state index in [1.807, 2.05) is 19.1 Å². The number of rotatable bonds is 4. The summed E-state index contributed by atoms with van der Waals surface area (Å²) in [5.41, 5.74) is 1.90. The van der Waals surface area contributed by atoms with E-state index in [0.29, 0.717) is 11.4 Å². The highest BCUT2D eigenvalue weighted by Crippen LogP contribution is 2.29. The Kier molecular flexibility index (Phi) is 3.92. The molecule has 2 rings (SSSR count). The summed E-state index contributed by atoms with van der Waals surface area (Å²) in [6.45, 7) is 3.45. The van der Waals surface area contributed by atoms with Gasteiger partial charge in [-0.25, -0.2) is 12.7 Å². The van der Waals surface area contributed by atoms with Crippen LogP contribution in [0.2, 0.25) is 0 Å². The molecule has 1 aliphatic rings. The SMILES string of the molecule is CCCN(C)S(=O)(=O)c1cccc2c1CCCN2. The minimum absolute atomic E-state index is 0.461. The Labute approximate surface area is 109 Å². The Morgan fingerprint density at radius 2 is 2.17 bits per heavy atom. The smallest absolute Gasteiger partial charge is 0.243 e. The van der Waals surface area contributed by atoms with Gasteiger partial charge < -0.3 is 5.32 Å². The molecule has 0 spiro atoms. The molecule has 18 heavy (non-hydrogen) atoms. The van der Waals surface area contributed by atoms with Crippen LogP contribution in [-0.4, -0.2) is 32.9 Å². The molecule has 0 aliphatic carbocycles.